The fourth-order valence-electron chi connectivity index (χ4n) is 3.52. The van der Waals surface area contributed by atoms with Crippen LogP contribution < -0.4 is 15.1 Å². The van der Waals surface area contributed by atoms with E-state index >= 15 is 0 Å². The number of pyridine rings is 1. The maximum atomic E-state index is 12.6. The minimum absolute atomic E-state index is 0.176. The van der Waals surface area contributed by atoms with Gasteiger partial charge in [0.1, 0.15) is 5.69 Å². The van der Waals surface area contributed by atoms with Crippen LogP contribution in [0.15, 0.2) is 42.6 Å². The molecular weight excluding hydrogens is 348 g/mol. The van der Waals surface area contributed by atoms with Crippen LogP contribution in [0.5, 0.6) is 0 Å². The van der Waals surface area contributed by atoms with Gasteiger partial charge in [-0.2, -0.15) is 0 Å². The molecule has 3 rings (SSSR count). The van der Waals surface area contributed by atoms with Crippen molar-refractivity contribution in [2.24, 2.45) is 5.92 Å². The van der Waals surface area contributed by atoms with E-state index in [0.29, 0.717) is 5.69 Å². The smallest absolute Gasteiger partial charge is 0.274 e. The Labute approximate surface area is 168 Å². The van der Waals surface area contributed by atoms with Crippen LogP contribution in [0, 0.1) is 5.92 Å². The monoisotopic (exact) mass is 380 g/mol. The number of hydrogen-bond donors (Lipinski definition) is 1. The Morgan fingerprint density at radius 2 is 1.93 bits per heavy atom. The molecule has 0 spiro atoms. The van der Waals surface area contributed by atoms with E-state index in [2.05, 4.69) is 46.1 Å². The van der Waals surface area contributed by atoms with Crippen LogP contribution in [0.25, 0.3) is 0 Å². The summed E-state index contributed by atoms with van der Waals surface area (Å²) in [4.78, 5) is 21.5. The highest BCUT2D eigenvalue weighted by Gasteiger charge is 2.16. The van der Waals surface area contributed by atoms with Crippen LogP contribution in [0.2, 0.25) is 0 Å². The van der Waals surface area contributed by atoms with Crippen molar-refractivity contribution in [2.45, 2.75) is 39.5 Å². The molecule has 1 aliphatic heterocycles. The third kappa shape index (κ3) is 5.24. The molecule has 1 saturated heterocycles. The highest BCUT2D eigenvalue weighted by molar-refractivity contribution is 6.03. The number of carbonyl (C=O) groups is 1. The summed E-state index contributed by atoms with van der Waals surface area (Å²) in [5, 5.41) is 2.97. The number of piperidine rings is 1. The fourth-order valence-corrected chi connectivity index (χ4v) is 3.52. The van der Waals surface area contributed by atoms with Crippen molar-refractivity contribution in [3.63, 3.8) is 0 Å². The van der Waals surface area contributed by atoms with Crippen molar-refractivity contribution in [1.29, 1.82) is 0 Å². The van der Waals surface area contributed by atoms with Crippen molar-refractivity contribution in [3.8, 4) is 0 Å². The lowest BCUT2D eigenvalue weighted by Crippen LogP contribution is -2.32. The van der Waals surface area contributed by atoms with Gasteiger partial charge in [-0.3, -0.25) is 9.78 Å². The van der Waals surface area contributed by atoms with Gasteiger partial charge in [0.25, 0.3) is 5.91 Å². The van der Waals surface area contributed by atoms with Crippen molar-refractivity contribution in [3.05, 3.63) is 48.3 Å². The molecule has 1 aromatic carbocycles. The molecule has 0 saturated carbocycles. The molecule has 2 heterocycles. The highest BCUT2D eigenvalue weighted by atomic mass is 16.1. The summed E-state index contributed by atoms with van der Waals surface area (Å²) in [5.74, 6) is 0.643. The summed E-state index contributed by atoms with van der Waals surface area (Å²) < 4.78 is 0. The summed E-state index contributed by atoms with van der Waals surface area (Å²) in [7, 11) is 2.05. The Hall–Kier alpha value is -2.56. The van der Waals surface area contributed by atoms with Crippen LogP contribution in [0.3, 0.4) is 0 Å². The number of unbranched alkanes of at least 4 members (excludes halogenated alkanes) is 1. The number of hydrogen-bond acceptors (Lipinski definition) is 4. The highest BCUT2D eigenvalue weighted by Crippen LogP contribution is 2.24. The molecule has 0 bridgehead atoms. The number of carbonyl (C=O) groups excluding carboxylic acids is 1. The Morgan fingerprint density at radius 1 is 1.21 bits per heavy atom. The van der Waals surface area contributed by atoms with Gasteiger partial charge in [0.15, 0.2) is 0 Å². The van der Waals surface area contributed by atoms with E-state index < -0.39 is 0 Å². The molecule has 1 aliphatic rings. The van der Waals surface area contributed by atoms with Gasteiger partial charge in [0, 0.05) is 49.9 Å². The number of aromatic nitrogens is 1. The number of amides is 1. The number of nitrogens with zero attached hydrogens (tertiary/aromatic N) is 3. The van der Waals surface area contributed by atoms with Crippen LogP contribution in [0.4, 0.5) is 17.1 Å². The molecule has 150 valence electrons. The second-order valence-corrected chi connectivity index (χ2v) is 7.84. The zero-order valence-corrected chi connectivity index (χ0v) is 17.3. The summed E-state index contributed by atoms with van der Waals surface area (Å²) in [6.45, 7) is 7.68. The minimum atomic E-state index is -0.176. The molecule has 1 N–H and O–H groups in total. The molecule has 28 heavy (non-hydrogen) atoms. The van der Waals surface area contributed by atoms with E-state index in [1.54, 1.807) is 6.20 Å². The third-order valence-corrected chi connectivity index (χ3v) is 5.54. The van der Waals surface area contributed by atoms with Crippen LogP contribution >= 0.6 is 0 Å². The Morgan fingerprint density at radius 3 is 2.61 bits per heavy atom. The van der Waals surface area contributed by atoms with Crippen molar-refractivity contribution >= 4 is 23.0 Å². The maximum absolute atomic E-state index is 12.6. The molecule has 0 radical (unpaired) electrons. The maximum Gasteiger partial charge on any atom is 0.274 e. The van der Waals surface area contributed by atoms with Gasteiger partial charge in [-0.1, -0.05) is 20.3 Å². The first-order chi connectivity index (χ1) is 13.6. The first-order valence-corrected chi connectivity index (χ1v) is 10.4. The van der Waals surface area contributed by atoms with E-state index in [1.165, 1.54) is 18.5 Å². The van der Waals surface area contributed by atoms with Gasteiger partial charge in [-0.25, -0.2) is 0 Å². The van der Waals surface area contributed by atoms with Gasteiger partial charge in [-0.15, -0.1) is 0 Å². The average molecular weight is 381 g/mol. The molecule has 5 nitrogen and oxygen atoms in total. The number of nitrogens with one attached hydrogen (secondary N) is 1. The summed E-state index contributed by atoms with van der Waals surface area (Å²) in [6, 6.07) is 11.9. The van der Waals surface area contributed by atoms with Crippen molar-refractivity contribution in [1.82, 2.24) is 4.98 Å². The largest absolute Gasteiger partial charge is 0.374 e. The van der Waals surface area contributed by atoms with E-state index in [1.807, 2.05) is 31.3 Å². The Kier molecular flexibility index (Phi) is 6.90. The van der Waals surface area contributed by atoms with Crippen molar-refractivity contribution < 1.29 is 4.79 Å². The van der Waals surface area contributed by atoms with Crippen LogP contribution in [-0.2, 0) is 0 Å². The number of rotatable bonds is 7. The van der Waals surface area contributed by atoms with Gasteiger partial charge < -0.3 is 15.1 Å². The van der Waals surface area contributed by atoms with Gasteiger partial charge in [0.05, 0.1) is 0 Å². The quantitative estimate of drug-likeness (QED) is 0.749. The molecule has 1 amide bonds. The first kappa shape index (κ1) is 20.2. The van der Waals surface area contributed by atoms with Gasteiger partial charge >= 0.3 is 0 Å². The topological polar surface area (TPSA) is 48.5 Å². The van der Waals surface area contributed by atoms with E-state index in [9.17, 15) is 4.79 Å². The summed E-state index contributed by atoms with van der Waals surface area (Å²) >= 11 is 0. The predicted molar refractivity (Wildman–Crippen MR) is 117 cm³/mol. The standard InChI is InChI=1S/C23H32N4O/c1-4-5-14-26(3)21-10-13-24-22(17-21)23(28)25-19-6-8-20(9-7-19)27-15-11-18(2)12-16-27/h6-10,13,17-18H,4-5,11-12,14-16H2,1-3H3,(H,25,28). The molecule has 1 fully saturated rings. The van der Waals surface area contributed by atoms with Crippen molar-refractivity contribution in [2.75, 3.05) is 41.8 Å². The lowest BCUT2D eigenvalue weighted by molar-refractivity contribution is 0.102. The minimum Gasteiger partial charge on any atom is -0.374 e. The lowest BCUT2D eigenvalue weighted by atomic mass is 9.99. The fraction of sp³-hybridized carbons (Fsp3) is 0.478. The van der Waals surface area contributed by atoms with E-state index in [-0.39, 0.29) is 5.91 Å². The van der Waals surface area contributed by atoms with E-state index in [0.717, 1.165) is 49.8 Å². The molecular formula is C23H32N4O. The molecule has 0 aliphatic carbocycles. The lowest BCUT2D eigenvalue weighted by Gasteiger charge is -2.32. The predicted octanol–water partition coefficient (Wildman–Crippen LogP) is 4.81. The van der Waals surface area contributed by atoms with Gasteiger partial charge in [0.2, 0.25) is 0 Å². The van der Waals surface area contributed by atoms with Crippen LogP contribution in [-0.4, -0.2) is 37.6 Å². The number of anilines is 3. The average Bonchev–Trinajstić information content (AvgIpc) is 2.73. The summed E-state index contributed by atoms with van der Waals surface area (Å²) in [6.07, 6.45) is 6.46. The Bertz CT molecular complexity index is 766. The second-order valence-electron chi connectivity index (χ2n) is 7.84. The molecule has 5 heteroatoms. The first-order valence-electron chi connectivity index (χ1n) is 10.4. The Balaban J connectivity index is 1.61. The van der Waals surface area contributed by atoms with E-state index in [4.69, 9.17) is 0 Å². The van der Waals surface area contributed by atoms with Crippen LogP contribution in [0.1, 0.15) is 50.0 Å². The second kappa shape index (κ2) is 9.58. The zero-order chi connectivity index (χ0) is 19.9. The molecule has 0 unspecified atom stereocenters. The number of benzene rings is 1. The molecule has 0 atom stereocenters. The third-order valence-electron chi connectivity index (χ3n) is 5.54. The molecule has 2 aromatic rings. The van der Waals surface area contributed by atoms with Gasteiger partial charge in [-0.05, 0) is 61.6 Å². The molecule has 1 aromatic heterocycles. The SMILES string of the molecule is CCCCN(C)c1ccnc(C(=O)Nc2ccc(N3CCC(C)CC3)cc2)c1. The summed E-state index contributed by atoms with van der Waals surface area (Å²) in [5.41, 5.74) is 3.48. The zero-order valence-electron chi connectivity index (χ0n) is 17.3. The normalized spacial score (nSPS) is 14.8.